The first kappa shape index (κ1) is 4.44. The lowest BCUT2D eigenvalue weighted by Crippen LogP contribution is -1.86. The number of nitro benzene ring substituents is 1. The van der Waals surface area contributed by atoms with Gasteiger partial charge in [0.25, 0.3) is 5.69 Å². The molecule has 52 valence electrons. The van der Waals surface area contributed by atoms with E-state index in [0.717, 1.165) is 0 Å². The van der Waals surface area contributed by atoms with Gasteiger partial charge in [-0.05, 0) is 12.5 Å². The highest BCUT2D eigenvalue weighted by Crippen LogP contribution is 2.11. The van der Waals surface area contributed by atoms with Crippen molar-refractivity contribution in [2.45, 2.75) is 6.92 Å². The summed E-state index contributed by atoms with van der Waals surface area (Å²) in [5.74, 6) is 0. The Morgan fingerprint density at radius 1 is 1.80 bits per heavy atom. The fourth-order valence-electron chi connectivity index (χ4n) is 0.608. The fourth-order valence-corrected chi connectivity index (χ4v) is 0.608. The highest BCUT2D eigenvalue weighted by atomic mass is 16.6. The molecule has 3 nitrogen and oxygen atoms in total. The van der Waals surface area contributed by atoms with E-state index in [2.05, 4.69) is 0 Å². The lowest BCUT2D eigenvalue weighted by Gasteiger charge is -1.90. The quantitative estimate of drug-likeness (QED) is 0.440. The number of nitrogens with zero attached hydrogens (tertiary/aromatic N) is 1. The average Bonchev–Trinajstić information content (AvgIpc) is 1.97. The average molecular weight is 139 g/mol. The molecule has 1 rings (SSSR count). The van der Waals surface area contributed by atoms with Gasteiger partial charge in [0.1, 0.15) is 0 Å². The van der Waals surface area contributed by atoms with E-state index in [1.165, 1.54) is 12.1 Å². The van der Waals surface area contributed by atoms with Gasteiger partial charge in [0.15, 0.2) is 0 Å². The molecule has 0 bridgehead atoms. The zero-order valence-corrected chi connectivity index (χ0v) is 5.42. The molecule has 3 heteroatoms. The van der Waals surface area contributed by atoms with E-state index in [9.17, 15) is 10.1 Å². The number of nitro groups is 1. The van der Waals surface area contributed by atoms with Gasteiger partial charge < -0.3 is 0 Å². The highest BCUT2D eigenvalue weighted by Gasteiger charge is 2.01. The summed E-state index contributed by atoms with van der Waals surface area (Å²) in [7, 11) is 0. The standard InChI is InChI=1S/C7H7NO2/c1-6-3-2-4-7(5-6)8(9)10/h2-5H,1H3/i4D,5D. The minimum absolute atomic E-state index is 0.174. The van der Waals surface area contributed by atoms with Crippen molar-refractivity contribution in [3.63, 3.8) is 0 Å². The summed E-state index contributed by atoms with van der Waals surface area (Å²) in [5, 5.41) is 10.4. The summed E-state index contributed by atoms with van der Waals surface area (Å²) in [5.41, 5.74) is 0.0905. The van der Waals surface area contributed by atoms with Crippen molar-refractivity contribution < 1.29 is 7.66 Å². The van der Waals surface area contributed by atoms with E-state index >= 15 is 0 Å². The Balaban J connectivity index is 3.43. The van der Waals surface area contributed by atoms with E-state index in [1.54, 1.807) is 6.92 Å². The van der Waals surface area contributed by atoms with Gasteiger partial charge >= 0.3 is 0 Å². The van der Waals surface area contributed by atoms with Gasteiger partial charge in [0.2, 0.25) is 0 Å². The van der Waals surface area contributed by atoms with Gasteiger partial charge in [-0.15, -0.1) is 0 Å². The second-order valence-corrected chi connectivity index (χ2v) is 1.89. The van der Waals surface area contributed by atoms with E-state index in [4.69, 9.17) is 2.74 Å². The zero-order chi connectivity index (χ0) is 9.30. The summed E-state index contributed by atoms with van der Waals surface area (Å²) in [6.45, 7) is 1.61. The molecule has 10 heavy (non-hydrogen) atoms. The SMILES string of the molecule is [2H]c1ccc(C)c([2H])c1[N+](=O)[O-]. The highest BCUT2D eigenvalue weighted by molar-refractivity contribution is 5.33. The molecule has 0 aromatic heterocycles. The van der Waals surface area contributed by atoms with Gasteiger partial charge in [-0.3, -0.25) is 10.1 Å². The first-order valence-corrected chi connectivity index (χ1v) is 2.75. The Morgan fingerprint density at radius 2 is 2.50 bits per heavy atom. The van der Waals surface area contributed by atoms with E-state index in [0.29, 0.717) is 5.56 Å². The molecule has 0 aliphatic carbocycles. The van der Waals surface area contributed by atoms with Gasteiger partial charge in [0, 0.05) is 12.1 Å². The summed E-state index contributed by atoms with van der Waals surface area (Å²) in [6.07, 6.45) is 0. The first-order chi connectivity index (χ1) is 5.54. The monoisotopic (exact) mass is 139 g/mol. The Bertz CT molecular complexity index is 338. The summed E-state index contributed by atoms with van der Waals surface area (Å²) in [4.78, 5) is 9.66. The van der Waals surface area contributed by atoms with Crippen LogP contribution in [0.15, 0.2) is 24.2 Å². The number of rotatable bonds is 1. The predicted molar refractivity (Wildman–Crippen MR) is 37.8 cm³/mol. The normalized spacial score (nSPS) is 12.1. The smallest absolute Gasteiger partial charge is 0.258 e. The van der Waals surface area contributed by atoms with Crippen LogP contribution >= 0.6 is 0 Å². The molecular weight excluding hydrogens is 130 g/mol. The molecule has 0 fully saturated rings. The molecule has 0 saturated carbocycles. The largest absolute Gasteiger partial charge is 0.269 e. The van der Waals surface area contributed by atoms with Crippen LogP contribution in [0.25, 0.3) is 0 Å². The first-order valence-electron chi connectivity index (χ1n) is 3.75. The number of benzene rings is 1. The van der Waals surface area contributed by atoms with Crippen LogP contribution in [-0.4, -0.2) is 4.92 Å². The third-order valence-electron chi connectivity index (χ3n) is 1.05. The Hall–Kier alpha value is -1.38. The Morgan fingerprint density at radius 3 is 3.00 bits per heavy atom. The van der Waals surface area contributed by atoms with Crippen molar-refractivity contribution in [3.8, 4) is 0 Å². The van der Waals surface area contributed by atoms with Gasteiger partial charge in [0.05, 0.1) is 7.66 Å². The number of hydrogen-bond acceptors (Lipinski definition) is 2. The molecule has 0 saturated heterocycles. The summed E-state index contributed by atoms with van der Waals surface area (Å²) < 4.78 is 14.5. The van der Waals surface area contributed by atoms with Crippen molar-refractivity contribution in [3.05, 3.63) is 39.9 Å². The number of aryl methyl sites for hydroxylation is 1. The van der Waals surface area contributed by atoms with Gasteiger partial charge in [-0.25, -0.2) is 0 Å². The minimum Gasteiger partial charge on any atom is -0.258 e. The second-order valence-electron chi connectivity index (χ2n) is 1.89. The minimum atomic E-state index is -0.697. The lowest BCUT2D eigenvalue weighted by atomic mass is 10.2. The second kappa shape index (κ2) is 2.47. The van der Waals surface area contributed by atoms with Crippen LogP contribution in [0.3, 0.4) is 0 Å². The molecule has 0 aliphatic rings. The molecule has 0 amide bonds. The molecule has 0 spiro atoms. The molecular formula is C7H7NO2. The molecule has 1 aromatic rings. The maximum atomic E-state index is 10.4. The van der Waals surface area contributed by atoms with Gasteiger partial charge in [-0.2, -0.15) is 0 Å². The fraction of sp³-hybridized carbons (Fsp3) is 0.143. The predicted octanol–water partition coefficient (Wildman–Crippen LogP) is 1.90. The van der Waals surface area contributed by atoms with Crippen LogP contribution in [0, 0.1) is 17.0 Å². The molecule has 1 aromatic carbocycles. The molecule has 0 heterocycles. The van der Waals surface area contributed by atoms with Gasteiger partial charge in [-0.1, -0.05) is 12.1 Å². The summed E-state index contributed by atoms with van der Waals surface area (Å²) >= 11 is 0. The van der Waals surface area contributed by atoms with Crippen molar-refractivity contribution in [2.75, 3.05) is 0 Å². The molecule has 0 N–H and O–H groups in total. The molecule has 0 atom stereocenters. The third-order valence-corrected chi connectivity index (χ3v) is 1.05. The molecule has 0 radical (unpaired) electrons. The molecule has 0 unspecified atom stereocenters. The maximum Gasteiger partial charge on any atom is 0.269 e. The van der Waals surface area contributed by atoms with E-state index in [1.807, 2.05) is 0 Å². The van der Waals surface area contributed by atoms with Crippen LogP contribution in [0.4, 0.5) is 5.69 Å². The van der Waals surface area contributed by atoms with Crippen LogP contribution in [-0.2, 0) is 0 Å². The topological polar surface area (TPSA) is 43.1 Å². The third kappa shape index (κ3) is 1.31. The number of hydrogen-bond donors (Lipinski definition) is 0. The van der Waals surface area contributed by atoms with Crippen molar-refractivity contribution in [1.29, 1.82) is 0 Å². The van der Waals surface area contributed by atoms with E-state index < -0.39 is 10.6 Å². The van der Waals surface area contributed by atoms with E-state index in [-0.39, 0.29) is 12.1 Å². The maximum absolute atomic E-state index is 10.4. The zero-order valence-electron chi connectivity index (χ0n) is 7.42. The summed E-state index contributed by atoms with van der Waals surface area (Å²) in [6, 6.07) is 2.46. The van der Waals surface area contributed by atoms with Crippen molar-refractivity contribution >= 4 is 5.69 Å². The van der Waals surface area contributed by atoms with Crippen molar-refractivity contribution in [2.24, 2.45) is 0 Å². The Kier molecular flexibility index (Phi) is 1.10. The Labute approximate surface area is 61.3 Å². The van der Waals surface area contributed by atoms with Crippen LogP contribution < -0.4 is 0 Å². The van der Waals surface area contributed by atoms with Crippen molar-refractivity contribution in [1.82, 2.24) is 0 Å². The van der Waals surface area contributed by atoms with Crippen LogP contribution in [0.5, 0.6) is 0 Å². The van der Waals surface area contributed by atoms with Crippen LogP contribution in [0.2, 0.25) is 0 Å². The molecule has 0 aliphatic heterocycles. The van der Waals surface area contributed by atoms with Crippen LogP contribution in [0.1, 0.15) is 8.30 Å². The lowest BCUT2D eigenvalue weighted by molar-refractivity contribution is -0.384.